The Morgan fingerprint density at radius 1 is 1.19 bits per heavy atom. The molecule has 0 saturated heterocycles. The summed E-state index contributed by atoms with van der Waals surface area (Å²) in [7, 11) is 0. The molecule has 2 rings (SSSR count). The number of hydrogen-bond donors (Lipinski definition) is 3. The number of benzene rings is 2. The first-order valence-corrected chi connectivity index (χ1v) is 7.75. The van der Waals surface area contributed by atoms with Crippen LogP contribution in [0, 0.1) is 0 Å². The predicted octanol–water partition coefficient (Wildman–Crippen LogP) is 3.83. The number of aliphatic carboxylic acids is 1. The number of carbonyl (C=O) groups is 1. The summed E-state index contributed by atoms with van der Waals surface area (Å²) in [5, 5.41) is 22.4. The Morgan fingerprint density at radius 3 is 2.48 bits per heavy atom. The molecular formula is C15H13Br2NO3. The van der Waals surface area contributed by atoms with E-state index >= 15 is 0 Å². The van der Waals surface area contributed by atoms with Crippen LogP contribution < -0.4 is 5.32 Å². The van der Waals surface area contributed by atoms with Gasteiger partial charge < -0.3 is 10.2 Å². The molecule has 1 atom stereocenters. The molecule has 2 aromatic carbocycles. The van der Waals surface area contributed by atoms with Crippen molar-refractivity contribution >= 4 is 37.8 Å². The van der Waals surface area contributed by atoms with Gasteiger partial charge >= 0.3 is 5.97 Å². The molecule has 3 N–H and O–H groups in total. The van der Waals surface area contributed by atoms with E-state index in [4.69, 9.17) is 0 Å². The summed E-state index contributed by atoms with van der Waals surface area (Å²) in [5.74, 6) is -1.13. The normalized spacial score (nSPS) is 12.1. The predicted molar refractivity (Wildman–Crippen MR) is 87.2 cm³/mol. The number of phenols is 1. The number of phenolic OH excluding ortho intramolecular Hbond substituents is 1. The Labute approximate surface area is 139 Å². The molecule has 0 aliphatic rings. The molecule has 6 heteroatoms. The van der Waals surface area contributed by atoms with Gasteiger partial charge in [0.05, 0.1) is 4.47 Å². The van der Waals surface area contributed by atoms with Crippen molar-refractivity contribution in [3.8, 4) is 5.75 Å². The monoisotopic (exact) mass is 413 g/mol. The minimum Gasteiger partial charge on any atom is -0.506 e. The highest BCUT2D eigenvalue weighted by molar-refractivity contribution is 9.11. The number of nitrogens with one attached hydrogen (secondary N) is 1. The van der Waals surface area contributed by atoms with Crippen molar-refractivity contribution in [1.82, 2.24) is 5.32 Å². The van der Waals surface area contributed by atoms with Gasteiger partial charge in [0, 0.05) is 16.6 Å². The molecule has 0 fully saturated rings. The Balaban J connectivity index is 2.26. The summed E-state index contributed by atoms with van der Waals surface area (Å²) in [6.45, 7) is 0.390. The molecule has 0 aliphatic carbocycles. The quantitative estimate of drug-likeness (QED) is 0.695. The summed E-state index contributed by atoms with van der Waals surface area (Å²) >= 11 is 6.51. The van der Waals surface area contributed by atoms with E-state index in [-0.39, 0.29) is 5.75 Å². The Bertz CT molecular complexity index is 647. The fourth-order valence-corrected chi connectivity index (χ4v) is 3.21. The first-order chi connectivity index (χ1) is 9.99. The van der Waals surface area contributed by atoms with Crippen LogP contribution in [0.4, 0.5) is 0 Å². The van der Waals surface area contributed by atoms with Crippen LogP contribution in [0.2, 0.25) is 0 Å². The van der Waals surface area contributed by atoms with Gasteiger partial charge in [0.1, 0.15) is 11.8 Å². The van der Waals surface area contributed by atoms with Gasteiger partial charge in [-0.1, -0.05) is 46.3 Å². The van der Waals surface area contributed by atoms with Crippen molar-refractivity contribution < 1.29 is 15.0 Å². The van der Waals surface area contributed by atoms with Gasteiger partial charge in [-0.25, -0.2) is 0 Å². The van der Waals surface area contributed by atoms with Gasteiger partial charge in [-0.3, -0.25) is 10.1 Å². The summed E-state index contributed by atoms with van der Waals surface area (Å²) in [6, 6.07) is 11.7. The highest BCUT2D eigenvalue weighted by Gasteiger charge is 2.24. The Kier molecular flexibility index (Phi) is 5.39. The number of aromatic hydroxyl groups is 1. The molecule has 0 heterocycles. The third-order valence-electron chi connectivity index (χ3n) is 2.97. The van der Waals surface area contributed by atoms with Crippen LogP contribution in [0.5, 0.6) is 5.75 Å². The molecule has 0 amide bonds. The van der Waals surface area contributed by atoms with Crippen molar-refractivity contribution in [3.05, 3.63) is 62.5 Å². The van der Waals surface area contributed by atoms with E-state index < -0.39 is 12.0 Å². The second-order valence-corrected chi connectivity index (χ2v) is 6.23. The van der Waals surface area contributed by atoms with Gasteiger partial charge in [-0.05, 0) is 33.6 Å². The van der Waals surface area contributed by atoms with E-state index in [1.54, 1.807) is 12.1 Å². The summed E-state index contributed by atoms with van der Waals surface area (Å²) < 4.78 is 1.13. The molecule has 0 spiro atoms. The zero-order chi connectivity index (χ0) is 15.4. The van der Waals surface area contributed by atoms with Crippen molar-refractivity contribution in [2.45, 2.75) is 12.6 Å². The Hall–Kier alpha value is -1.37. The lowest BCUT2D eigenvalue weighted by Gasteiger charge is -2.17. The number of halogens is 2. The van der Waals surface area contributed by atoms with E-state index in [1.807, 2.05) is 30.3 Å². The Morgan fingerprint density at radius 2 is 1.86 bits per heavy atom. The average Bonchev–Trinajstić information content (AvgIpc) is 2.45. The second kappa shape index (κ2) is 7.06. The fourth-order valence-electron chi connectivity index (χ4n) is 1.95. The van der Waals surface area contributed by atoms with Gasteiger partial charge in [0.25, 0.3) is 0 Å². The molecule has 0 bridgehead atoms. The standard InChI is InChI=1S/C15H13Br2NO3/c16-10-6-11(14(19)12(17)7-10)13(15(20)21)18-8-9-4-2-1-3-5-9/h1-7,13,18-19H,8H2,(H,20,21). The molecule has 4 nitrogen and oxygen atoms in total. The maximum atomic E-state index is 11.5. The average molecular weight is 415 g/mol. The lowest BCUT2D eigenvalue weighted by molar-refractivity contribution is -0.139. The number of carboxylic acid groups (broad SMARTS) is 1. The minimum absolute atomic E-state index is 0.0776. The first kappa shape index (κ1) is 16.0. The lowest BCUT2D eigenvalue weighted by atomic mass is 10.1. The van der Waals surface area contributed by atoms with Crippen molar-refractivity contribution in [2.75, 3.05) is 0 Å². The van der Waals surface area contributed by atoms with Crippen LogP contribution in [-0.4, -0.2) is 16.2 Å². The second-order valence-electron chi connectivity index (χ2n) is 4.46. The summed E-state index contributed by atoms with van der Waals surface area (Å²) in [6.07, 6.45) is 0. The zero-order valence-electron chi connectivity index (χ0n) is 10.9. The zero-order valence-corrected chi connectivity index (χ0v) is 14.1. The highest BCUT2D eigenvalue weighted by Crippen LogP contribution is 2.35. The van der Waals surface area contributed by atoms with Gasteiger partial charge in [0.2, 0.25) is 0 Å². The molecule has 0 radical (unpaired) electrons. The van der Waals surface area contributed by atoms with Crippen LogP contribution in [-0.2, 0) is 11.3 Å². The number of carboxylic acids is 1. The molecule has 110 valence electrons. The molecule has 0 aromatic heterocycles. The maximum Gasteiger partial charge on any atom is 0.325 e. The van der Waals surface area contributed by atoms with Gasteiger partial charge in [-0.2, -0.15) is 0 Å². The van der Waals surface area contributed by atoms with Gasteiger partial charge in [0.15, 0.2) is 0 Å². The molecule has 1 unspecified atom stereocenters. The van der Waals surface area contributed by atoms with Crippen LogP contribution in [0.15, 0.2) is 51.4 Å². The van der Waals surface area contributed by atoms with Crippen LogP contribution in [0.3, 0.4) is 0 Å². The van der Waals surface area contributed by atoms with E-state index in [9.17, 15) is 15.0 Å². The minimum atomic E-state index is -1.05. The maximum absolute atomic E-state index is 11.5. The van der Waals surface area contributed by atoms with E-state index in [0.29, 0.717) is 21.1 Å². The molecule has 0 saturated carbocycles. The third-order valence-corrected chi connectivity index (χ3v) is 4.03. The molecule has 2 aromatic rings. The molecule has 21 heavy (non-hydrogen) atoms. The molecule has 0 aliphatic heterocycles. The van der Waals surface area contributed by atoms with Crippen LogP contribution in [0.1, 0.15) is 17.2 Å². The van der Waals surface area contributed by atoms with Crippen molar-refractivity contribution in [3.63, 3.8) is 0 Å². The number of hydrogen-bond acceptors (Lipinski definition) is 3. The summed E-state index contributed by atoms with van der Waals surface area (Å²) in [4.78, 5) is 11.5. The number of rotatable bonds is 5. The molecular weight excluding hydrogens is 402 g/mol. The first-order valence-electron chi connectivity index (χ1n) is 6.17. The van der Waals surface area contributed by atoms with Crippen LogP contribution in [0.25, 0.3) is 0 Å². The topological polar surface area (TPSA) is 69.6 Å². The van der Waals surface area contributed by atoms with Crippen LogP contribution >= 0.6 is 31.9 Å². The largest absolute Gasteiger partial charge is 0.506 e. The highest BCUT2D eigenvalue weighted by atomic mass is 79.9. The van der Waals surface area contributed by atoms with E-state index in [1.165, 1.54) is 0 Å². The van der Waals surface area contributed by atoms with E-state index in [2.05, 4.69) is 37.2 Å². The smallest absolute Gasteiger partial charge is 0.325 e. The SMILES string of the molecule is O=C(O)C(NCc1ccccc1)c1cc(Br)cc(Br)c1O. The van der Waals surface area contributed by atoms with Gasteiger partial charge in [-0.15, -0.1) is 0 Å². The van der Waals surface area contributed by atoms with Crippen molar-refractivity contribution in [2.24, 2.45) is 0 Å². The fraction of sp³-hybridized carbons (Fsp3) is 0.133. The summed E-state index contributed by atoms with van der Waals surface area (Å²) in [5.41, 5.74) is 1.27. The third kappa shape index (κ3) is 4.06. The van der Waals surface area contributed by atoms with Crippen molar-refractivity contribution in [1.29, 1.82) is 0 Å². The lowest BCUT2D eigenvalue weighted by Crippen LogP contribution is -2.28. The van der Waals surface area contributed by atoms with E-state index in [0.717, 1.165) is 5.56 Å².